The Balaban J connectivity index is 3.12. The lowest BCUT2D eigenvalue weighted by Crippen LogP contribution is -2.32. The lowest BCUT2D eigenvalue weighted by Gasteiger charge is -2.21. The summed E-state index contributed by atoms with van der Waals surface area (Å²) in [5.41, 5.74) is 1.22. The molecule has 0 saturated heterocycles. The molecular weight excluding hydrogens is 282 g/mol. The summed E-state index contributed by atoms with van der Waals surface area (Å²) in [5, 5.41) is 17.4. The van der Waals surface area contributed by atoms with E-state index in [1.54, 1.807) is 12.1 Å². The zero-order valence-corrected chi connectivity index (χ0v) is 13.0. The summed E-state index contributed by atoms with van der Waals surface area (Å²) in [6.45, 7) is 2.42. The van der Waals surface area contributed by atoms with E-state index in [9.17, 15) is 4.79 Å². The smallest absolute Gasteiger partial charge is 0.254 e. The summed E-state index contributed by atoms with van der Waals surface area (Å²) >= 11 is 0. The van der Waals surface area contributed by atoms with Gasteiger partial charge < -0.3 is 14.4 Å². The molecule has 22 heavy (non-hydrogen) atoms. The largest absolute Gasteiger partial charge is 0.496 e. The molecule has 0 aliphatic carbocycles. The second kappa shape index (κ2) is 8.53. The van der Waals surface area contributed by atoms with Gasteiger partial charge in [-0.05, 0) is 19.1 Å². The first-order valence-electron chi connectivity index (χ1n) is 6.84. The van der Waals surface area contributed by atoms with Crippen molar-refractivity contribution in [3.63, 3.8) is 0 Å². The van der Waals surface area contributed by atoms with E-state index in [1.807, 2.05) is 19.1 Å². The van der Waals surface area contributed by atoms with Gasteiger partial charge in [0, 0.05) is 24.2 Å². The van der Waals surface area contributed by atoms with Crippen LogP contribution in [0.15, 0.2) is 12.1 Å². The van der Waals surface area contributed by atoms with Crippen LogP contribution in [0, 0.1) is 29.6 Å². The Kier molecular flexibility index (Phi) is 6.72. The van der Waals surface area contributed by atoms with Crippen LogP contribution in [0.3, 0.4) is 0 Å². The van der Waals surface area contributed by atoms with Crippen molar-refractivity contribution in [1.82, 2.24) is 4.90 Å². The van der Waals surface area contributed by atoms with Gasteiger partial charge >= 0.3 is 0 Å². The van der Waals surface area contributed by atoms with Gasteiger partial charge in [-0.3, -0.25) is 4.79 Å². The van der Waals surface area contributed by atoms with Crippen molar-refractivity contribution in [2.24, 2.45) is 0 Å². The number of hydrogen-bond acceptors (Lipinski definition) is 5. The van der Waals surface area contributed by atoms with Crippen LogP contribution in [0.2, 0.25) is 0 Å². The number of rotatable bonds is 7. The van der Waals surface area contributed by atoms with E-state index < -0.39 is 0 Å². The van der Waals surface area contributed by atoms with Crippen LogP contribution >= 0.6 is 0 Å². The number of carbonyl (C=O) groups excluding carboxylic acids is 1. The van der Waals surface area contributed by atoms with Crippen LogP contribution in [0.25, 0.3) is 0 Å². The molecule has 6 nitrogen and oxygen atoms in total. The standard InChI is InChI=1S/C16H19N3O3/c1-12-14(21-2)10-13(11-15(12)22-3)16(20)19(8-4-6-17)9-5-7-18/h10-11H,4-5,8-9H2,1-3H3. The molecule has 0 saturated carbocycles. The zero-order valence-electron chi connectivity index (χ0n) is 13.0. The fourth-order valence-corrected chi connectivity index (χ4v) is 2.08. The van der Waals surface area contributed by atoms with Crippen molar-refractivity contribution in [1.29, 1.82) is 10.5 Å². The molecule has 0 unspecified atom stereocenters. The topological polar surface area (TPSA) is 86.4 Å². The normalized spacial score (nSPS) is 9.50. The van der Waals surface area contributed by atoms with Crippen molar-refractivity contribution >= 4 is 5.91 Å². The third-order valence-electron chi connectivity index (χ3n) is 3.27. The molecule has 0 bridgehead atoms. The van der Waals surface area contributed by atoms with Crippen LogP contribution in [-0.2, 0) is 0 Å². The van der Waals surface area contributed by atoms with Gasteiger partial charge in [-0.1, -0.05) is 0 Å². The Morgan fingerprint density at radius 1 is 1.09 bits per heavy atom. The van der Waals surface area contributed by atoms with Crippen LogP contribution in [0.4, 0.5) is 0 Å². The Labute approximate surface area is 130 Å². The fraction of sp³-hybridized carbons (Fsp3) is 0.438. The van der Waals surface area contributed by atoms with Crippen molar-refractivity contribution in [3.8, 4) is 23.6 Å². The van der Waals surface area contributed by atoms with Gasteiger partial charge in [0.15, 0.2) is 0 Å². The van der Waals surface area contributed by atoms with E-state index in [4.69, 9.17) is 20.0 Å². The van der Waals surface area contributed by atoms with Gasteiger partial charge in [0.25, 0.3) is 5.91 Å². The number of benzene rings is 1. The van der Waals surface area contributed by atoms with E-state index in [-0.39, 0.29) is 31.8 Å². The minimum Gasteiger partial charge on any atom is -0.496 e. The number of methoxy groups -OCH3 is 2. The highest BCUT2D eigenvalue weighted by Crippen LogP contribution is 2.30. The molecule has 0 aliphatic rings. The highest BCUT2D eigenvalue weighted by atomic mass is 16.5. The summed E-state index contributed by atoms with van der Waals surface area (Å²) in [5.74, 6) is 0.869. The molecule has 0 atom stereocenters. The minimum absolute atomic E-state index is 0.220. The van der Waals surface area contributed by atoms with Crippen molar-refractivity contribution in [2.45, 2.75) is 19.8 Å². The predicted molar refractivity (Wildman–Crippen MR) is 80.6 cm³/mol. The summed E-state index contributed by atoms with van der Waals surface area (Å²) in [6, 6.07) is 7.31. The highest BCUT2D eigenvalue weighted by Gasteiger charge is 2.19. The molecular formula is C16H19N3O3. The molecule has 0 radical (unpaired) electrons. The first kappa shape index (κ1) is 17.3. The minimum atomic E-state index is -0.248. The quantitative estimate of drug-likeness (QED) is 0.771. The van der Waals surface area contributed by atoms with Gasteiger partial charge in [0.1, 0.15) is 11.5 Å². The third kappa shape index (κ3) is 4.13. The molecule has 0 aliphatic heterocycles. The molecule has 0 spiro atoms. The van der Waals surface area contributed by atoms with Gasteiger partial charge in [0.05, 0.1) is 39.2 Å². The van der Waals surface area contributed by atoms with E-state index in [0.29, 0.717) is 17.1 Å². The third-order valence-corrected chi connectivity index (χ3v) is 3.27. The van der Waals surface area contributed by atoms with Crippen molar-refractivity contribution in [2.75, 3.05) is 27.3 Å². The summed E-state index contributed by atoms with van der Waals surface area (Å²) < 4.78 is 10.5. The van der Waals surface area contributed by atoms with Gasteiger partial charge in [-0.2, -0.15) is 10.5 Å². The van der Waals surface area contributed by atoms with Gasteiger partial charge in [0.2, 0.25) is 0 Å². The number of carbonyl (C=O) groups is 1. The van der Waals surface area contributed by atoms with Gasteiger partial charge in [-0.25, -0.2) is 0 Å². The van der Waals surface area contributed by atoms with Crippen LogP contribution in [-0.4, -0.2) is 38.1 Å². The predicted octanol–water partition coefficient (Wildman–Crippen LogP) is 2.28. The first-order valence-corrected chi connectivity index (χ1v) is 6.84. The molecule has 1 amide bonds. The Morgan fingerprint density at radius 3 is 1.91 bits per heavy atom. The van der Waals surface area contributed by atoms with E-state index in [2.05, 4.69) is 0 Å². The molecule has 116 valence electrons. The molecule has 1 rings (SSSR count). The zero-order chi connectivity index (χ0) is 16.5. The van der Waals surface area contributed by atoms with Gasteiger partial charge in [-0.15, -0.1) is 0 Å². The lowest BCUT2D eigenvalue weighted by atomic mass is 10.1. The average molecular weight is 301 g/mol. The number of nitrogens with zero attached hydrogens (tertiary/aromatic N) is 3. The lowest BCUT2D eigenvalue weighted by molar-refractivity contribution is 0.0761. The number of hydrogen-bond donors (Lipinski definition) is 0. The summed E-state index contributed by atoms with van der Waals surface area (Å²) in [7, 11) is 3.05. The molecule has 1 aromatic carbocycles. The highest BCUT2D eigenvalue weighted by molar-refractivity contribution is 5.95. The second-order valence-corrected chi connectivity index (χ2v) is 4.61. The SMILES string of the molecule is COc1cc(C(=O)N(CCC#N)CCC#N)cc(OC)c1C. The Bertz CT molecular complexity index is 571. The second-order valence-electron chi connectivity index (χ2n) is 4.61. The maximum Gasteiger partial charge on any atom is 0.254 e. The van der Waals surface area contributed by atoms with Crippen molar-refractivity contribution in [3.05, 3.63) is 23.3 Å². The average Bonchev–Trinajstić information content (AvgIpc) is 2.54. The molecule has 1 aromatic rings. The van der Waals surface area contributed by atoms with Crippen LogP contribution in [0.5, 0.6) is 11.5 Å². The summed E-state index contributed by atoms with van der Waals surface area (Å²) in [4.78, 5) is 14.1. The van der Waals surface area contributed by atoms with Crippen molar-refractivity contribution < 1.29 is 14.3 Å². The molecule has 0 fully saturated rings. The Hall–Kier alpha value is -2.73. The Morgan fingerprint density at radius 2 is 1.55 bits per heavy atom. The summed E-state index contributed by atoms with van der Waals surface area (Å²) in [6.07, 6.45) is 0.439. The van der Waals surface area contributed by atoms with Crippen LogP contribution < -0.4 is 9.47 Å². The number of ether oxygens (including phenoxy) is 2. The monoisotopic (exact) mass is 301 g/mol. The molecule has 0 N–H and O–H groups in total. The fourth-order valence-electron chi connectivity index (χ4n) is 2.08. The molecule has 6 heteroatoms. The first-order chi connectivity index (χ1) is 10.6. The molecule has 0 heterocycles. The maximum atomic E-state index is 12.6. The maximum absolute atomic E-state index is 12.6. The van der Waals surface area contributed by atoms with Crippen LogP contribution in [0.1, 0.15) is 28.8 Å². The number of amides is 1. The number of nitriles is 2. The van der Waals surface area contributed by atoms with E-state index in [0.717, 1.165) is 5.56 Å². The van der Waals surface area contributed by atoms with E-state index >= 15 is 0 Å². The molecule has 0 aromatic heterocycles. The van der Waals surface area contributed by atoms with E-state index in [1.165, 1.54) is 19.1 Å².